The van der Waals surface area contributed by atoms with E-state index in [2.05, 4.69) is 5.32 Å². The first-order chi connectivity index (χ1) is 15.9. The summed E-state index contributed by atoms with van der Waals surface area (Å²) in [5.41, 5.74) is 2.43. The van der Waals surface area contributed by atoms with Gasteiger partial charge in [-0.3, -0.25) is 14.4 Å². The minimum atomic E-state index is -0.401. The van der Waals surface area contributed by atoms with Gasteiger partial charge in [-0.05, 0) is 48.7 Å². The van der Waals surface area contributed by atoms with Crippen LogP contribution < -0.4 is 15.6 Å². The molecule has 3 aromatic rings. The fourth-order valence-electron chi connectivity index (χ4n) is 3.95. The van der Waals surface area contributed by atoms with E-state index in [-0.39, 0.29) is 23.6 Å². The molecular weight excluding hydrogens is 422 g/mol. The van der Waals surface area contributed by atoms with Crippen LogP contribution in [0.25, 0.3) is 0 Å². The highest BCUT2D eigenvalue weighted by Gasteiger charge is 2.27. The Balaban J connectivity index is 1.43. The van der Waals surface area contributed by atoms with Crippen LogP contribution in [0.1, 0.15) is 32.8 Å². The van der Waals surface area contributed by atoms with Gasteiger partial charge in [0.05, 0.1) is 6.26 Å². The van der Waals surface area contributed by atoms with E-state index in [1.165, 1.54) is 4.57 Å². The molecule has 2 amide bonds. The molecule has 0 saturated heterocycles. The molecule has 0 unspecified atom stereocenters. The fourth-order valence-corrected chi connectivity index (χ4v) is 3.95. The van der Waals surface area contributed by atoms with Crippen LogP contribution in [0.2, 0.25) is 0 Å². The Hall–Kier alpha value is -3.81. The number of carbonyl (C=O) groups excluding carboxylic acids is 2. The first kappa shape index (κ1) is 22.4. The van der Waals surface area contributed by atoms with Gasteiger partial charge in [-0.25, -0.2) is 0 Å². The molecule has 172 valence electrons. The van der Waals surface area contributed by atoms with Crippen LogP contribution in [0.5, 0.6) is 5.75 Å². The van der Waals surface area contributed by atoms with E-state index >= 15 is 0 Å². The lowest BCUT2D eigenvalue weighted by molar-refractivity contribution is -0.134. The van der Waals surface area contributed by atoms with Gasteiger partial charge in [0.1, 0.15) is 17.1 Å². The van der Waals surface area contributed by atoms with Crippen LogP contribution in [0.15, 0.2) is 58.1 Å². The lowest BCUT2D eigenvalue weighted by Gasteiger charge is -2.30. The Morgan fingerprint density at radius 3 is 2.70 bits per heavy atom. The minimum absolute atomic E-state index is 0.0652. The standard InChI is InChI=1S/C25H27N3O5/c1-17-5-7-20(8-6-17)33-16-22(29)28-12-10-21-18(15-28)14-27(2)25(31)23(21)24(30)26-11-9-19-4-3-13-32-19/h3-8,13-14H,9-12,15-16H2,1-2H3,(H,26,30). The van der Waals surface area contributed by atoms with Crippen LogP contribution in [0, 0.1) is 6.92 Å². The number of nitrogens with one attached hydrogen (secondary N) is 1. The Labute approximate surface area is 191 Å². The lowest BCUT2D eigenvalue weighted by atomic mass is 9.96. The predicted molar refractivity (Wildman–Crippen MR) is 122 cm³/mol. The first-order valence-corrected chi connectivity index (χ1v) is 10.9. The number of hydrogen-bond donors (Lipinski definition) is 1. The highest BCUT2D eigenvalue weighted by atomic mass is 16.5. The van der Waals surface area contributed by atoms with E-state index in [9.17, 15) is 14.4 Å². The third-order valence-electron chi connectivity index (χ3n) is 5.77. The number of fused-ring (bicyclic) bond motifs is 1. The van der Waals surface area contributed by atoms with Crippen LogP contribution in [-0.4, -0.2) is 41.0 Å². The topological polar surface area (TPSA) is 93.8 Å². The van der Waals surface area contributed by atoms with Crippen LogP contribution in [0.3, 0.4) is 0 Å². The van der Waals surface area contributed by atoms with E-state index < -0.39 is 5.91 Å². The number of furan rings is 1. The number of benzene rings is 1. The zero-order chi connectivity index (χ0) is 23.4. The molecule has 0 bridgehead atoms. The molecule has 0 spiro atoms. The second kappa shape index (κ2) is 9.77. The summed E-state index contributed by atoms with van der Waals surface area (Å²) in [6.45, 7) is 3.03. The van der Waals surface area contributed by atoms with E-state index in [0.29, 0.717) is 43.8 Å². The molecule has 33 heavy (non-hydrogen) atoms. The van der Waals surface area contributed by atoms with E-state index in [1.54, 1.807) is 30.5 Å². The maximum absolute atomic E-state index is 12.9. The van der Waals surface area contributed by atoms with Gasteiger partial charge < -0.3 is 23.9 Å². The number of aromatic nitrogens is 1. The number of ether oxygens (including phenoxy) is 1. The average Bonchev–Trinajstić information content (AvgIpc) is 3.32. The Bertz CT molecular complexity index is 1200. The number of rotatable bonds is 7. The summed E-state index contributed by atoms with van der Waals surface area (Å²) in [4.78, 5) is 40.0. The second-order valence-corrected chi connectivity index (χ2v) is 8.18. The zero-order valence-corrected chi connectivity index (χ0v) is 18.8. The van der Waals surface area contributed by atoms with Crippen molar-refractivity contribution in [1.82, 2.24) is 14.8 Å². The molecule has 1 N–H and O–H groups in total. The highest BCUT2D eigenvalue weighted by Crippen LogP contribution is 2.21. The number of nitrogens with zero attached hydrogens (tertiary/aromatic N) is 2. The van der Waals surface area contributed by atoms with E-state index in [0.717, 1.165) is 16.9 Å². The third-order valence-corrected chi connectivity index (χ3v) is 5.77. The number of carbonyl (C=O) groups is 2. The van der Waals surface area contributed by atoms with Gasteiger partial charge in [0.15, 0.2) is 6.61 Å². The molecule has 0 radical (unpaired) electrons. The molecule has 8 nitrogen and oxygen atoms in total. The van der Waals surface area contributed by atoms with E-state index in [4.69, 9.17) is 9.15 Å². The SMILES string of the molecule is Cc1ccc(OCC(=O)N2CCc3c(cn(C)c(=O)c3C(=O)NCCc3ccco3)C2)cc1. The number of aryl methyl sites for hydroxylation is 2. The molecule has 1 aliphatic heterocycles. The molecule has 2 aromatic heterocycles. The fraction of sp³-hybridized carbons (Fsp3) is 0.320. The molecule has 0 saturated carbocycles. The summed E-state index contributed by atoms with van der Waals surface area (Å²) in [5.74, 6) is 0.864. The molecule has 1 aliphatic rings. The maximum atomic E-state index is 12.9. The molecule has 0 aliphatic carbocycles. The van der Waals surface area contributed by atoms with Gasteiger partial charge in [0, 0.05) is 39.3 Å². The molecule has 4 rings (SSSR count). The van der Waals surface area contributed by atoms with Crippen molar-refractivity contribution in [3.63, 3.8) is 0 Å². The summed E-state index contributed by atoms with van der Waals surface area (Å²) in [6.07, 6.45) is 4.26. The minimum Gasteiger partial charge on any atom is -0.484 e. The normalized spacial score (nSPS) is 12.8. The Morgan fingerprint density at radius 2 is 1.97 bits per heavy atom. The van der Waals surface area contributed by atoms with Crippen molar-refractivity contribution in [3.8, 4) is 5.75 Å². The highest BCUT2D eigenvalue weighted by molar-refractivity contribution is 5.95. The van der Waals surface area contributed by atoms with Crippen molar-refractivity contribution in [2.45, 2.75) is 26.3 Å². The van der Waals surface area contributed by atoms with Gasteiger partial charge in [-0.1, -0.05) is 17.7 Å². The smallest absolute Gasteiger partial charge is 0.263 e. The van der Waals surface area contributed by atoms with Crippen molar-refractivity contribution in [2.75, 3.05) is 19.7 Å². The molecular formula is C25H27N3O5. The van der Waals surface area contributed by atoms with Crippen LogP contribution >= 0.6 is 0 Å². The first-order valence-electron chi connectivity index (χ1n) is 10.9. The summed E-state index contributed by atoms with van der Waals surface area (Å²) >= 11 is 0. The summed E-state index contributed by atoms with van der Waals surface area (Å²) in [6, 6.07) is 11.2. The van der Waals surface area contributed by atoms with Gasteiger partial charge in [0.2, 0.25) is 0 Å². The monoisotopic (exact) mass is 449 g/mol. The predicted octanol–water partition coefficient (Wildman–Crippen LogP) is 2.22. The lowest BCUT2D eigenvalue weighted by Crippen LogP contribution is -2.42. The average molecular weight is 450 g/mol. The van der Waals surface area contributed by atoms with Crippen LogP contribution in [-0.2, 0) is 31.2 Å². The van der Waals surface area contributed by atoms with Crippen LogP contribution in [0.4, 0.5) is 0 Å². The zero-order valence-electron chi connectivity index (χ0n) is 18.8. The molecule has 0 fully saturated rings. The molecule has 1 aromatic carbocycles. The summed E-state index contributed by atoms with van der Waals surface area (Å²) in [7, 11) is 1.61. The number of hydrogen-bond acceptors (Lipinski definition) is 5. The van der Waals surface area contributed by atoms with Gasteiger partial charge in [0.25, 0.3) is 17.4 Å². The number of amides is 2. The second-order valence-electron chi connectivity index (χ2n) is 8.18. The number of pyridine rings is 1. The Morgan fingerprint density at radius 1 is 1.18 bits per heavy atom. The van der Waals surface area contributed by atoms with Crippen molar-refractivity contribution in [2.24, 2.45) is 7.05 Å². The van der Waals surface area contributed by atoms with Gasteiger partial charge >= 0.3 is 0 Å². The summed E-state index contributed by atoms with van der Waals surface area (Å²) in [5, 5.41) is 2.82. The Kier molecular flexibility index (Phi) is 6.63. The molecule has 3 heterocycles. The quantitative estimate of drug-likeness (QED) is 0.597. The maximum Gasteiger partial charge on any atom is 0.263 e. The third kappa shape index (κ3) is 5.16. The molecule has 8 heteroatoms. The largest absolute Gasteiger partial charge is 0.484 e. The van der Waals surface area contributed by atoms with Gasteiger partial charge in [-0.2, -0.15) is 0 Å². The van der Waals surface area contributed by atoms with Gasteiger partial charge in [-0.15, -0.1) is 0 Å². The summed E-state index contributed by atoms with van der Waals surface area (Å²) < 4.78 is 12.3. The van der Waals surface area contributed by atoms with Crippen molar-refractivity contribution in [3.05, 3.63) is 87.2 Å². The molecule has 0 atom stereocenters. The van der Waals surface area contributed by atoms with Crippen molar-refractivity contribution in [1.29, 1.82) is 0 Å². The van der Waals surface area contributed by atoms with Crippen molar-refractivity contribution >= 4 is 11.8 Å². The van der Waals surface area contributed by atoms with E-state index in [1.807, 2.05) is 37.3 Å². The van der Waals surface area contributed by atoms with Crippen molar-refractivity contribution < 1.29 is 18.7 Å².